The van der Waals surface area contributed by atoms with Crippen LogP contribution in [0.4, 0.5) is 10.8 Å². The Balaban J connectivity index is 1.58. The van der Waals surface area contributed by atoms with Crippen molar-refractivity contribution in [2.75, 3.05) is 5.32 Å². The number of thiazole rings is 1. The molecule has 0 atom stereocenters. The molecule has 0 aliphatic carbocycles. The van der Waals surface area contributed by atoms with Crippen molar-refractivity contribution in [3.63, 3.8) is 0 Å². The van der Waals surface area contributed by atoms with Gasteiger partial charge in [-0.1, -0.05) is 41.1 Å². The zero-order chi connectivity index (χ0) is 21.5. The standard InChI is InChI=1S/C18H10ClN3O5S3/c19-15-12-3-1-2-4-13(12)28-16(15)17(23)21-18-20-9-14(29-18)30(26,27)11-7-5-10(6-8-11)22(24)25/h1-9H,(H,20,21,23). The summed E-state index contributed by atoms with van der Waals surface area (Å²) in [5.41, 5.74) is -0.216. The maximum atomic E-state index is 12.7. The number of benzene rings is 2. The molecule has 0 aliphatic heterocycles. The first kappa shape index (κ1) is 20.4. The highest BCUT2D eigenvalue weighted by Gasteiger charge is 2.23. The molecule has 1 N–H and O–H groups in total. The smallest absolute Gasteiger partial charge is 0.269 e. The zero-order valence-electron chi connectivity index (χ0n) is 14.7. The number of nitro benzene ring substituents is 1. The number of halogens is 1. The molecule has 2 heterocycles. The number of fused-ring (bicyclic) bond motifs is 1. The predicted octanol–water partition coefficient (Wildman–Crippen LogP) is 5.00. The fourth-order valence-electron chi connectivity index (χ4n) is 2.62. The third kappa shape index (κ3) is 3.67. The van der Waals surface area contributed by atoms with E-state index in [1.807, 2.05) is 24.3 Å². The van der Waals surface area contributed by atoms with Crippen molar-refractivity contribution >= 4 is 70.9 Å². The number of hydrogen-bond acceptors (Lipinski definition) is 8. The van der Waals surface area contributed by atoms with Crippen molar-refractivity contribution < 1.29 is 18.1 Å². The summed E-state index contributed by atoms with van der Waals surface area (Å²) in [7, 11) is -3.93. The van der Waals surface area contributed by atoms with Crippen LogP contribution in [0.3, 0.4) is 0 Å². The van der Waals surface area contributed by atoms with Crippen LogP contribution in [0.2, 0.25) is 5.02 Å². The van der Waals surface area contributed by atoms with Gasteiger partial charge in [0.2, 0.25) is 9.84 Å². The van der Waals surface area contributed by atoms with Crippen LogP contribution in [0.1, 0.15) is 9.67 Å². The summed E-state index contributed by atoms with van der Waals surface area (Å²) in [6.07, 6.45) is 1.13. The number of thiophene rings is 1. The Kier molecular flexibility index (Phi) is 5.28. The number of nitro groups is 1. The molecule has 0 aliphatic rings. The van der Waals surface area contributed by atoms with Crippen LogP contribution in [0.25, 0.3) is 10.1 Å². The average Bonchev–Trinajstić information content (AvgIpc) is 3.33. The number of rotatable bonds is 5. The molecular formula is C18H10ClN3O5S3. The number of carbonyl (C=O) groups is 1. The number of aromatic nitrogens is 1. The van der Waals surface area contributed by atoms with E-state index >= 15 is 0 Å². The largest absolute Gasteiger partial charge is 0.297 e. The number of hydrogen-bond donors (Lipinski definition) is 1. The summed E-state index contributed by atoms with van der Waals surface area (Å²) in [6, 6.07) is 11.8. The fourth-order valence-corrected chi connectivity index (χ4v) is 6.46. The lowest BCUT2D eigenvalue weighted by atomic mass is 10.2. The summed E-state index contributed by atoms with van der Waals surface area (Å²) >= 11 is 8.30. The highest BCUT2D eigenvalue weighted by Crippen LogP contribution is 2.36. The van der Waals surface area contributed by atoms with E-state index in [0.717, 1.165) is 51.9 Å². The molecule has 4 rings (SSSR count). The molecule has 0 saturated heterocycles. The number of nitrogens with zero attached hydrogens (tertiary/aromatic N) is 2. The molecule has 2 aromatic carbocycles. The van der Waals surface area contributed by atoms with Gasteiger partial charge < -0.3 is 0 Å². The topological polar surface area (TPSA) is 119 Å². The first-order valence-corrected chi connectivity index (χ1v) is 11.7. The van der Waals surface area contributed by atoms with Crippen molar-refractivity contribution in [2.24, 2.45) is 0 Å². The summed E-state index contributed by atoms with van der Waals surface area (Å²) in [4.78, 5) is 26.9. The predicted molar refractivity (Wildman–Crippen MR) is 115 cm³/mol. The molecule has 152 valence electrons. The monoisotopic (exact) mass is 479 g/mol. The second-order valence-corrected chi connectivity index (χ2v) is 10.6. The van der Waals surface area contributed by atoms with Crippen molar-refractivity contribution in [1.82, 2.24) is 4.98 Å². The first-order valence-electron chi connectivity index (χ1n) is 8.21. The van der Waals surface area contributed by atoms with Gasteiger partial charge in [-0.15, -0.1) is 11.3 Å². The van der Waals surface area contributed by atoms with Gasteiger partial charge in [0.15, 0.2) is 5.13 Å². The van der Waals surface area contributed by atoms with E-state index < -0.39 is 20.7 Å². The average molecular weight is 480 g/mol. The number of anilines is 1. The van der Waals surface area contributed by atoms with E-state index in [1.54, 1.807) is 0 Å². The molecular weight excluding hydrogens is 470 g/mol. The molecule has 0 saturated carbocycles. The molecule has 0 spiro atoms. The van der Waals surface area contributed by atoms with Gasteiger partial charge in [-0.05, 0) is 18.2 Å². The van der Waals surface area contributed by atoms with E-state index in [1.165, 1.54) is 11.3 Å². The Morgan fingerprint density at radius 1 is 1.10 bits per heavy atom. The number of sulfone groups is 1. The normalized spacial score (nSPS) is 11.5. The van der Waals surface area contributed by atoms with E-state index in [0.29, 0.717) is 9.90 Å². The first-order chi connectivity index (χ1) is 14.3. The van der Waals surface area contributed by atoms with Crippen molar-refractivity contribution in [3.8, 4) is 0 Å². The van der Waals surface area contributed by atoms with E-state index in [2.05, 4.69) is 10.3 Å². The van der Waals surface area contributed by atoms with Gasteiger partial charge in [0.25, 0.3) is 11.6 Å². The molecule has 0 fully saturated rings. The minimum atomic E-state index is -3.93. The Morgan fingerprint density at radius 3 is 2.47 bits per heavy atom. The van der Waals surface area contributed by atoms with Gasteiger partial charge in [-0.3, -0.25) is 20.2 Å². The van der Waals surface area contributed by atoms with Gasteiger partial charge >= 0.3 is 0 Å². The lowest BCUT2D eigenvalue weighted by Gasteiger charge is -2.01. The van der Waals surface area contributed by atoms with Gasteiger partial charge in [0.05, 0.1) is 21.0 Å². The van der Waals surface area contributed by atoms with E-state index in [-0.39, 0.29) is 19.9 Å². The van der Waals surface area contributed by atoms with Gasteiger partial charge in [-0.2, -0.15) is 0 Å². The van der Waals surface area contributed by atoms with Crippen LogP contribution in [-0.4, -0.2) is 24.2 Å². The Hall–Kier alpha value is -2.86. The Morgan fingerprint density at radius 2 is 1.80 bits per heavy atom. The Labute approximate surface area is 182 Å². The highest BCUT2D eigenvalue weighted by molar-refractivity contribution is 7.93. The third-order valence-corrected chi connectivity index (χ3v) is 8.89. The van der Waals surface area contributed by atoms with Crippen LogP contribution in [-0.2, 0) is 9.84 Å². The summed E-state index contributed by atoms with van der Waals surface area (Å²) in [5, 5.41) is 14.5. The Bertz CT molecular complexity index is 1390. The van der Waals surface area contributed by atoms with Crippen molar-refractivity contribution in [2.45, 2.75) is 9.10 Å². The number of carbonyl (C=O) groups excluding carboxylic acids is 1. The van der Waals surface area contributed by atoms with Crippen molar-refractivity contribution in [3.05, 3.63) is 74.7 Å². The SMILES string of the molecule is O=C(Nc1ncc(S(=O)(=O)c2ccc([N+](=O)[O-])cc2)s1)c1sc2ccccc2c1Cl. The highest BCUT2D eigenvalue weighted by atomic mass is 35.5. The van der Waals surface area contributed by atoms with Crippen LogP contribution in [0.5, 0.6) is 0 Å². The molecule has 8 nitrogen and oxygen atoms in total. The molecule has 30 heavy (non-hydrogen) atoms. The molecule has 2 aromatic heterocycles. The third-order valence-electron chi connectivity index (χ3n) is 4.07. The van der Waals surface area contributed by atoms with Gasteiger partial charge in [0.1, 0.15) is 9.09 Å². The summed E-state index contributed by atoms with van der Waals surface area (Å²) < 4.78 is 26.2. The minimum absolute atomic E-state index is 0.0917. The second kappa shape index (κ2) is 7.76. The molecule has 4 aromatic rings. The van der Waals surface area contributed by atoms with E-state index in [9.17, 15) is 23.3 Å². The second-order valence-electron chi connectivity index (χ2n) is 5.93. The van der Waals surface area contributed by atoms with Gasteiger partial charge in [-0.25, -0.2) is 13.4 Å². The molecule has 0 radical (unpaired) electrons. The van der Waals surface area contributed by atoms with Crippen LogP contribution in [0.15, 0.2) is 63.8 Å². The maximum Gasteiger partial charge on any atom is 0.269 e. The number of nitrogens with one attached hydrogen (secondary N) is 1. The number of amides is 1. The van der Waals surface area contributed by atoms with Crippen LogP contribution in [0, 0.1) is 10.1 Å². The van der Waals surface area contributed by atoms with Crippen LogP contribution < -0.4 is 5.32 Å². The van der Waals surface area contributed by atoms with Crippen molar-refractivity contribution in [1.29, 1.82) is 0 Å². The summed E-state index contributed by atoms with van der Waals surface area (Å²) in [6.45, 7) is 0. The summed E-state index contributed by atoms with van der Waals surface area (Å²) in [5.74, 6) is -0.491. The lowest BCUT2D eigenvalue weighted by Crippen LogP contribution is -2.10. The van der Waals surface area contributed by atoms with Gasteiger partial charge in [0, 0.05) is 22.2 Å². The maximum absolute atomic E-state index is 12.7. The molecule has 0 bridgehead atoms. The number of non-ortho nitro benzene ring substituents is 1. The lowest BCUT2D eigenvalue weighted by molar-refractivity contribution is -0.384. The van der Waals surface area contributed by atoms with Crippen LogP contribution >= 0.6 is 34.3 Å². The molecule has 0 unspecified atom stereocenters. The molecule has 1 amide bonds. The fraction of sp³-hybridized carbons (Fsp3) is 0. The zero-order valence-corrected chi connectivity index (χ0v) is 17.9. The van der Waals surface area contributed by atoms with E-state index in [4.69, 9.17) is 11.6 Å². The molecule has 12 heteroatoms. The minimum Gasteiger partial charge on any atom is -0.297 e. The quantitative estimate of drug-likeness (QED) is 0.317.